The van der Waals surface area contributed by atoms with E-state index < -0.39 is 42.0 Å². The first-order valence-electron chi connectivity index (χ1n) is 14.3. The normalized spacial score (nSPS) is 23.3. The van der Waals surface area contributed by atoms with Crippen molar-refractivity contribution >= 4 is 17.9 Å². The highest BCUT2D eigenvalue weighted by Gasteiger charge is 2.53. The first-order valence-corrected chi connectivity index (χ1v) is 14.3. The van der Waals surface area contributed by atoms with Crippen molar-refractivity contribution in [3.63, 3.8) is 0 Å². The molecule has 2 aliphatic carbocycles. The average Bonchev–Trinajstić information content (AvgIpc) is 3.47. The van der Waals surface area contributed by atoms with E-state index in [-0.39, 0.29) is 5.92 Å². The van der Waals surface area contributed by atoms with E-state index >= 15 is 0 Å². The maximum absolute atomic E-state index is 11.6. The number of carbonyl (C=O) groups is 3. The Kier molecular flexibility index (Phi) is 9.54. The van der Waals surface area contributed by atoms with Crippen LogP contribution in [0.25, 0.3) is 0 Å². The van der Waals surface area contributed by atoms with Crippen LogP contribution in [0.2, 0.25) is 0 Å². The Morgan fingerprint density at radius 3 is 2.24 bits per heavy atom. The van der Waals surface area contributed by atoms with Gasteiger partial charge in [-0.05, 0) is 80.2 Å². The summed E-state index contributed by atoms with van der Waals surface area (Å²) in [4.78, 5) is 37.6. The van der Waals surface area contributed by atoms with Crippen LogP contribution in [-0.2, 0) is 39.4 Å². The third-order valence-electron chi connectivity index (χ3n) is 8.81. The van der Waals surface area contributed by atoms with Crippen LogP contribution in [0.1, 0.15) is 66.5 Å². The zero-order valence-corrected chi connectivity index (χ0v) is 24.1. The standard InChI is InChI=1S/C25H32N2O2.C6H8O7/c1-17-7-8-24(26-13-17)25(28)10-9-20-14-27(16-22(20)25)15-21-11-18-5-3-4-6-19(18)12-23(21)29-2;7-3(8)1-6(13,5(11)12)2-4(9)10/h7-8,11-13,20,22,28H,3-6,9-10,14-16H2,1-2H3;13H,1-2H2,(H,7,8)(H,9,10)(H,11,12)/t20-,22+,25-;/m0./s1. The van der Waals surface area contributed by atoms with E-state index in [1.54, 1.807) is 7.11 Å². The summed E-state index contributed by atoms with van der Waals surface area (Å²) in [6, 6.07) is 8.74. The predicted octanol–water partition coefficient (Wildman–Crippen LogP) is 2.76. The molecule has 2 fully saturated rings. The number of pyridine rings is 1. The number of carboxylic acid groups (broad SMARTS) is 3. The third-order valence-corrected chi connectivity index (χ3v) is 8.81. The van der Waals surface area contributed by atoms with E-state index in [4.69, 9.17) is 25.2 Å². The molecular weight excluding hydrogens is 544 g/mol. The van der Waals surface area contributed by atoms with E-state index in [1.165, 1.54) is 42.4 Å². The number of aliphatic carboxylic acids is 3. The van der Waals surface area contributed by atoms with Gasteiger partial charge in [0.05, 0.1) is 25.6 Å². The zero-order valence-electron chi connectivity index (χ0n) is 24.1. The molecule has 42 heavy (non-hydrogen) atoms. The predicted molar refractivity (Wildman–Crippen MR) is 151 cm³/mol. The summed E-state index contributed by atoms with van der Waals surface area (Å²) in [5, 5.41) is 45.4. The lowest BCUT2D eigenvalue weighted by Crippen LogP contribution is -2.42. The summed E-state index contributed by atoms with van der Waals surface area (Å²) in [7, 11) is 1.79. The van der Waals surface area contributed by atoms with Gasteiger partial charge in [-0.1, -0.05) is 12.1 Å². The van der Waals surface area contributed by atoms with Crippen LogP contribution in [0.5, 0.6) is 5.75 Å². The summed E-state index contributed by atoms with van der Waals surface area (Å²) in [6.45, 7) is 4.93. The van der Waals surface area contributed by atoms with Gasteiger partial charge in [0.1, 0.15) is 11.4 Å². The van der Waals surface area contributed by atoms with Crippen LogP contribution in [0.4, 0.5) is 0 Å². The Morgan fingerprint density at radius 2 is 1.69 bits per heavy atom. The largest absolute Gasteiger partial charge is 0.496 e. The number of aromatic nitrogens is 1. The lowest BCUT2D eigenvalue weighted by Gasteiger charge is -2.30. The van der Waals surface area contributed by atoms with Gasteiger partial charge >= 0.3 is 17.9 Å². The summed E-state index contributed by atoms with van der Waals surface area (Å²) in [6.07, 6.45) is 6.45. The maximum atomic E-state index is 11.6. The Labute approximate surface area is 244 Å². The molecule has 3 aliphatic rings. The van der Waals surface area contributed by atoms with E-state index in [2.05, 4.69) is 28.1 Å². The van der Waals surface area contributed by atoms with Crippen molar-refractivity contribution in [2.24, 2.45) is 11.8 Å². The second kappa shape index (κ2) is 12.8. The lowest BCUT2D eigenvalue weighted by molar-refractivity contribution is -0.170. The fourth-order valence-corrected chi connectivity index (χ4v) is 6.64. The van der Waals surface area contributed by atoms with Gasteiger partial charge in [0.25, 0.3) is 0 Å². The quantitative estimate of drug-likeness (QED) is 0.293. The minimum absolute atomic E-state index is 0.265. The van der Waals surface area contributed by atoms with Crippen molar-refractivity contribution in [3.05, 3.63) is 58.4 Å². The number of benzene rings is 1. The molecule has 11 nitrogen and oxygen atoms in total. The molecule has 1 saturated carbocycles. The van der Waals surface area contributed by atoms with Crippen molar-refractivity contribution in [3.8, 4) is 5.75 Å². The van der Waals surface area contributed by atoms with E-state index in [9.17, 15) is 19.5 Å². The fraction of sp³-hybridized carbons (Fsp3) is 0.548. The van der Waals surface area contributed by atoms with Crippen molar-refractivity contribution in [2.45, 2.75) is 76.0 Å². The second-order valence-electron chi connectivity index (χ2n) is 11.9. The maximum Gasteiger partial charge on any atom is 0.336 e. The number of aliphatic hydroxyl groups is 2. The monoisotopic (exact) mass is 584 g/mol. The van der Waals surface area contributed by atoms with Crippen LogP contribution in [-0.4, -0.2) is 79.1 Å². The topological polar surface area (TPSA) is 178 Å². The highest BCUT2D eigenvalue weighted by Crippen LogP contribution is 2.50. The smallest absolute Gasteiger partial charge is 0.336 e. The van der Waals surface area contributed by atoms with Crippen LogP contribution in [0.3, 0.4) is 0 Å². The molecule has 1 aromatic heterocycles. The molecule has 0 bridgehead atoms. The molecule has 3 atom stereocenters. The Bertz CT molecular complexity index is 1300. The number of likely N-dealkylation sites (tertiary alicyclic amines) is 1. The number of nitrogens with zero attached hydrogens (tertiary/aromatic N) is 2. The number of fused-ring (bicyclic) bond motifs is 2. The summed E-state index contributed by atoms with van der Waals surface area (Å²) in [5.74, 6) is -3.18. The summed E-state index contributed by atoms with van der Waals surface area (Å²) in [5.41, 5.74) is 2.74. The molecule has 1 aliphatic heterocycles. The van der Waals surface area contributed by atoms with Gasteiger partial charge < -0.3 is 30.3 Å². The van der Waals surface area contributed by atoms with Crippen LogP contribution < -0.4 is 4.74 Å². The molecule has 5 N–H and O–H groups in total. The molecule has 2 heterocycles. The number of ether oxygens (including phenoxy) is 1. The Hall–Kier alpha value is -3.54. The molecule has 228 valence electrons. The minimum Gasteiger partial charge on any atom is -0.496 e. The van der Waals surface area contributed by atoms with Crippen molar-refractivity contribution < 1.29 is 44.7 Å². The molecule has 1 aromatic carbocycles. The van der Waals surface area contributed by atoms with Gasteiger partial charge in [-0.2, -0.15) is 0 Å². The first-order chi connectivity index (χ1) is 19.8. The molecule has 11 heteroatoms. The molecule has 5 rings (SSSR count). The third kappa shape index (κ3) is 6.91. The average molecular weight is 585 g/mol. The SMILES string of the molecule is COc1cc2c(cc1CN1C[C@@H]3CC[C@@](O)(c4ccc(C)cn4)[C@@H]3C1)CCCC2.O=C(O)CC(O)(CC(=O)O)C(=O)O. The van der Waals surface area contributed by atoms with Crippen molar-refractivity contribution in [2.75, 3.05) is 20.2 Å². The van der Waals surface area contributed by atoms with Gasteiger partial charge in [-0.15, -0.1) is 0 Å². The zero-order chi connectivity index (χ0) is 30.7. The van der Waals surface area contributed by atoms with Gasteiger partial charge in [-0.25, -0.2) is 4.79 Å². The molecule has 0 amide bonds. The van der Waals surface area contributed by atoms with Gasteiger partial charge in [-0.3, -0.25) is 19.5 Å². The number of carboxylic acids is 3. The molecule has 0 spiro atoms. The summed E-state index contributed by atoms with van der Waals surface area (Å²) >= 11 is 0. The van der Waals surface area contributed by atoms with Gasteiger partial charge in [0.15, 0.2) is 5.60 Å². The fourth-order valence-electron chi connectivity index (χ4n) is 6.64. The highest BCUT2D eigenvalue weighted by atomic mass is 16.5. The number of methoxy groups -OCH3 is 1. The molecule has 0 unspecified atom stereocenters. The summed E-state index contributed by atoms with van der Waals surface area (Å²) < 4.78 is 5.75. The number of hydrogen-bond acceptors (Lipinski definition) is 8. The van der Waals surface area contributed by atoms with Crippen molar-refractivity contribution in [1.82, 2.24) is 9.88 Å². The Morgan fingerprint density at radius 1 is 1.05 bits per heavy atom. The van der Waals surface area contributed by atoms with Crippen LogP contribution in [0, 0.1) is 18.8 Å². The van der Waals surface area contributed by atoms with E-state index in [0.717, 1.165) is 49.5 Å². The van der Waals surface area contributed by atoms with Crippen LogP contribution in [0.15, 0.2) is 30.5 Å². The van der Waals surface area contributed by atoms with E-state index in [1.807, 2.05) is 19.2 Å². The Balaban J connectivity index is 0.000000266. The highest BCUT2D eigenvalue weighted by molar-refractivity contribution is 5.88. The first kappa shape index (κ1) is 31.4. The number of rotatable bonds is 9. The molecule has 1 saturated heterocycles. The lowest BCUT2D eigenvalue weighted by atomic mass is 9.85. The minimum atomic E-state index is -2.74. The van der Waals surface area contributed by atoms with Crippen molar-refractivity contribution in [1.29, 1.82) is 0 Å². The van der Waals surface area contributed by atoms with E-state index in [0.29, 0.717) is 5.92 Å². The molecule has 0 radical (unpaired) electrons. The van der Waals surface area contributed by atoms with Gasteiger partial charge in [0.2, 0.25) is 0 Å². The van der Waals surface area contributed by atoms with Gasteiger partial charge in [0, 0.05) is 37.3 Å². The second-order valence-corrected chi connectivity index (χ2v) is 11.9. The molecule has 2 aromatic rings. The number of aryl methyl sites for hydroxylation is 3. The number of hydrogen-bond donors (Lipinski definition) is 5. The van der Waals surface area contributed by atoms with Crippen LogP contribution >= 0.6 is 0 Å². The molecular formula is C31H40N2O9.